The fourth-order valence-corrected chi connectivity index (χ4v) is 8.09. The van der Waals surface area contributed by atoms with Crippen molar-refractivity contribution in [3.8, 4) is 0 Å². The number of Topliss-reactive ketones (excluding diaryl/α,β-unsaturated/α-hetero) is 1. The van der Waals surface area contributed by atoms with Gasteiger partial charge in [-0.2, -0.15) is 0 Å². The Hall–Kier alpha value is -2.15. The summed E-state index contributed by atoms with van der Waals surface area (Å²) in [5.41, 5.74) is 6.65. The molecule has 192 valence electrons. The van der Waals surface area contributed by atoms with Gasteiger partial charge in [-0.15, -0.1) is 0 Å². The van der Waals surface area contributed by atoms with Crippen LogP contribution in [-0.2, 0) is 16.2 Å². The average Bonchev–Trinajstić information content (AvgIpc) is 2.80. The van der Waals surface area contributed by atoms with E-state index in [1.165, 1.54) is 26.7 Å². The maximum absolute atomic E-state index is 13.3. The van der Waals surface area contributed by atoms with Crippen molar-refractivity contribution >= 4 is 25.2 Å². The van der Waals surface area contributed by atoms with Crippen LogP contribution in [0.1, 0.15) is 107 Å². The summed E-state index contributed by atoms with van der Waals surface area (Å²) in [5.74, 6) is 0.442. The first-order valence-corrected chi connectivity index (χ1v) is 15.2. The van der Waals surface area contributed by atoms with Gasteiger partial charge in [0.25, 0.3) is 0 Å². The Kier molecular flexibility index (Phi) is 8.74. The number of benzene rings is 3. The van der Waals surface area contributed by atoms with E-state index in [1.54, 1.807) is 0 Å². The molecule has 0 radical (unpaired) electrons. The summed E-state index contributed by atoms with van der Waals surface area (Å²) in [4.78, 5) is 13.3. The van der Waals surface area contributed by atoms with Crippen molar-refractivity contribution in [1.82, 2.24) is 0 Å². The van der Waals surface area contributed by atoms with Crippen molar-refractivity contribution in [1.29, 1.82) is 0 Å². The maximum atomic E-state index is 13.3. The van der Waals surface area contributed by atoms with Crippen LogP contribution in [0.5, 0.6) is 0 Å². The molecule has 2 heteroatoms. The number of hydrogen-bond donors (Lipinski definition) is 0. The molecule has 0 unspecified atom stereocenters. The second-order valence-corrected chi connectivity index (χ2v) is 15.2. The predicted octanol–water partition coefficient (Wildman–Crippen LogP) is 8.38. The van der Waals surface area contributed by atoms with Gasteiger partial charge in [0.1, 0.15) is 0 Å². The Morgan fingerprint density at radius 1 is 0.694 bits per heavy atom. The standard InChI is InChI=1S/C34H44OSe/c1-32(2,3)27-21-28(33(4,5)6)31(29(22-27)34(7,8)9)36-23-26(24-16-12-10-13-17-24)20-30(35)25-18-14-11-15-19-25/h10-19,21-22,26H,20,23H2,1-9H3/t26-/m0/s1. The van der Waals surface area contributed by atoms with Crippen molar-refractivity contribution < 1.29 is 4.79 Å². The minimum absolute atomic E-state index is 0.0560. The number of carbonyl (C=O) groups excluding carboxylic acids is 1. The topological polar surface area (TPSA) is 17.1 Å². The van der Waals surface area contributed by atoms with Crippen LogP contribution < -0.4 is 4.46 Å². The van der Waals surface area contributed by atoms with Crippen molar-refractivity contribution in [2.24, 2.45) is 0 Å². The van der Waals surface area contributed by atoms with E-state index in [0.717, 1.165) is 10.9 Å². The van der Waals surface area contributed by atoms with Crippen LogP contribution in [-0.4, -0.2) is 20.7 Å². The van der Waals surface area contributed by atoms with Gasteiger partial charge in [0.2, 0.25) is 0 Å². The molecule has 0 aliphatic heterocycles. The van der Waals surface area contributed by atoms with Crippen molar-refractivity contribution in [2.75, 3.05) is 0 Å². The van der Waals surface area contributed by atoms with Gasteiger partial charge >= 0.3 is 227 Å². The van der Waals surface area contributed by atoms with Crippen LogP contribution in [0.3, 0.4) is 0 Å². The molecule has 0 aliphatic rings. The van der Waals surface area contributed by atoms with Crippen molar-refractivity contribution in [2.45, 2.75) is 96.2 Å². The third kappa shape index (κ3) is 7.21. The molecule has 3 rings (SSSR count). The van der Waals surface area contributed by atoms with E-state index in [9.17, 15) is 4.79 Å². The summed E-state index contributed by atoms with van der Waals surface area (Å²) in [6, 6.07) is 25.3. The van der Waals surface area contributed by atoms with Crippen LogP contribution in [0.15, 0.2) is 72.8 Å². The third-order valence-corrected chi connectivity index (χ3v) is 9.52. The fourth-order valence-electron chi connectivity index (χ4n) is 4.48. The average molecular weight is 548 g/mol. The van der Waals surface area contributed by atoms with Crippen LogP contribution >= 0.6 is 0 Å². The van der Waals surface area contributed by atoms with E-state index in [2.05, 4.69) is 105 Å². The van der Waals surface area contributed by atoms with Gasteiger partial charge in [0.05, 0.1) is 0 Å². The van der Waals surface area contributed by atoms with Gasteiger partial charge in [-0.25, -0.2) is 0 Å². The first-order chi connectivity index (χ1) is 16.7. The SMILES string of the molecule is CC(C)(C)c1cc(C(C)(C)C)c([Se]C[C@H](CC(=O)c2ccccc2)c2ccccc2)c(C(C)(C)C)c1. The fraction of sp³-hybridized carbons (Fsp3) is 0.441. The van der Waals surface area contributed by atoms with Gasteiger partial charge in [-0.3, -0.25) is 0 Å². The van der Waals surface area contributed by atoms with E-state index < -0.39 is 0 Å². The van der Waals surface area contributed by atoms with E-state index in [4.69, 9.17) is 0 Å². The van der Waals surface area contributed by atoms with Crippen LogP contribution in [0, 0.1) is 0 Å². The van der Waals surface area contributed by atoms with Crippen molar-refractivity contribution in [3.63, 3.8) is 0 Å². The molecule has 3 aromatic carbocycles. The summed E-state index contributed by atoms with van der Waals surface area (Å²) in [6.07, 6.45) is 0.547. The number of ketones is 1. The number of hydrogen-bond acceptors (Lipinski definition) is 1. The molecule has 0 aliphatic carbocycles. The third-order valence-electron chi connectivity index (χ3n) is 6.80. The van der Waals surface area contributed by atoms with Crippen molar-refractivity contribution in [3.05, 3.63) is 101 Å². The van der Waals surface area contributed by atoms with Crippen LogP contribution in [0.4, 0.5) is 0 Å². The van der Waals surface area contributed by atoms with E-state index in [0.29, 0.717) is 6.42 Å². The summed E-state index contributed by atoms with van der Waals surface area (Å²) < 4.78 is 1.53. The zero-order valence-corrected chi connectivity index (χ0v) is 25.4. The Labute approximate surface area is 226 Å². The molecule has 0 aromatic heterocycles. The van der Waals surface area contributed by atoms with E-state index in [-0.39, 0.29) is 42.9 Å². The Bertz CT molecular complexity index is 1120. The molecular weight excluding hydrogens is 503 g/mol. The van der Waals surface area contributed by atoms with E-state index in [1.807, 2.05) is 30.3 Å². The molecule has 0 saturated heterocycles. The van der Waals surface area contributed by atoms with Crippen LogP contribution in [0.2, 0.25) is 5.32 Å². The zero-order chi connectivity index (χ0) is 26.7. The number of carbonyl (C=O) groups is 1. The van der Waals surface area contributed by atoms with Crippen LogP contribution in [0.25, 0.3) is 0 Å². The molecule has 0 spiro atoms. The molecule has 0 amide bonds. The van der Waals surface area contributed by atoms with Gasteiger partial charge in [0.15, 0.2) is 0 Å². The summed E-state index contributed by atoms with van der Waals surface area (Å²) in [5, 5.41) is 1.01. The second kappa shape index (κ2) is 11.1. The first-order valence-electron chi connectivity index (χ1n) is 13.1. The molecule has 0 fully saturated rings. The zero-order valence-electron chi connectivity index (χ0n) is 23.7. The second-order valence-electron chi connectivity index (χ2n) is 13.1. The summed E-state index contributed by atoms with van der Waals surface area (Å²) in [7, 11) is 0. The molecule has 0 saturated carbocycles. The summed E-state index contributed by atoms with van der Waals surface area (Å²) in [6.45, 7) is 21.0. The van der Waals surface area contributed by atoms with Gasteiger partial charge in [-0.1, -0.05) is 0 Å². The van der Waals surface area contributed by atoms with E-state index >= 15 is 0 Å². The predicted molar refractivity (Wildman–Crippen MR) is 157 cm³/mol. The quantitative estimate of drug-likeness (QED) is 0.214. The Morgan fingerprint density at radius 2 is 1.17 bits per heavy atom. The molecule has 3 aromatic rings. The number of rotatable bonds is 7. The molecule has 0 N–H and O–H groups in total. The molecular formula is C34H44OSe. The Balaban J connectivity index is 2.04. The molecule has 0 bridgehead atoms. The summed E-state index contributed by atoms with van der Waals surface area (Å²) >= 11 is 0.235. The van der Waals surface area contributed by atoms with Gasteiger partial charge in [0, 0.05) is 0 Å². The van der Waals surface area contributed by atoms with Gasteiger partial charge in [-0.05, 0) is 0 Å². The molecule has 36 heavy (non-hydrogen) atoms. The minimum atomic E-state index is 0.0560. The molecule has 1 nitrogen and oxygen atoms in total. The monoisotopic (exact) mass is 548 g/mol. The Morgan fingerprint density at radius 3 is 1.61 bits per heavy atom. The first kappa shape index (κ1) is 28.4. The normalized spacial score (nSPS) is 13.5. The molecule has 0 heterocycles. The molecule has 1 atom stereocenters. The van der Waals surface area contributed by atoms with Gasteiger partial charge < -0.3 is 0 Å².